The molecule has 5 rings (SSSR count). The number of hydrogen-bond donors (Lipinski definition) is 2. The lowest BCUT2D eigenvalue weighted by atomic mass is 9.92. The quantitative estimate of drug-likeness (QED) is 0.520. The Kier molecular flexibility index (Phi) is 4.45. The van der Waals surface area contributed by atoms with Gasteiger partial charge in [0.25, 0.3) is 0 Å². The van der Waals surface area contributed by atoms with Crippen LogP contribution in [-0.2, 0) is 6.42 Å². The fourth-order valence-corrected chi connectivity index (χ4v) is 4.48. The summed E-state index contributed by atoms with van der Waals surface area (Å²) in [6, 6.07) is 12.5. The predicted molar refractivity (Wildman–Crippen MR) is 109 cm³/mol. The molecule has 142 valence electrons. The normalized spacial score (nSPS) is 20.4. The fraction of sp³-hybridized carbons (Fsp3) is 0.304. The van der Waals surface area contributed by atoms with Gasteiger partial charge in [-0.1, -0.05) is 23.4 Å². The molecule has 0 saturated carbocycles. The van der Waals surface area contributed by atoms with Crippen molar-refractivity contribution in [2.24, 2.45) is 5.16 Å². The fourth-order valence-electron chi connectivity index (χ4n) is 4.48. The topological polar surface area (TPSA) is 70.7 Å². The van der Waals surface area contributed by atoms with Gasteiger partial charge in [0, 0.05) is 41.5 Å². The molecule has 0 bridgehead atoms. The van der Waals surface area contributed by atoms with Gasteiger partial charge in [-0.3, -0.25) is 4.98 Å². The van der Waals surface area contributed by atoms with E-state index in [9.17, 15) is 5.21 Å². The van der Waals surface area contributed by atoms with E-state index in [0.29, 0.717) is 5.92 Å². The maximum atomic E-state index is 9.53. The largest absolute Gasteiger partial charge is 0.460 e. The molecule has 2 aromatic heterocycles. The van der Waals surface area contributed by atoms with Crippen LogP contribution >= 0.6 is 0 Å². The van der Waals surface area contributed by atoms with Crippen LogP contribution in [0.2, 0.25) is 0 Å². The molecule has 1 aromatic carbocycles. The van der Waals surface area contributed by atoms with Gasteiger partial charge < -0.3 is 14.9 Å². The maximum absolute atomic E-state index is 9.53. The highest BCUT2D eigenvalue weighted by atomic mass is 16.4. The number of nitrogens with one attached hydrogen (secondary N) is 1. The van der Waals surface area contributed by atoms with Gasteiger partial charge in [0.1, 0.15) is 11.5 Å². The van der Waals surface area contributed by atoms with E-state index in [1.54, 1.807) is 12.4 Å². The molecule has 28 heavy (non-hydrogen) atoms. The summed E-state index contributed by atoms with van der Waals surface area (Å²) < 4.78 is 6.45. The first-order chi connectivity index (χ1) is 13.8. The zero-order valence-electron chi connectivity index (χ0n) is 15.7. The van der Waals surface area contributed by atoms with Crippen LogP contribution in [0.25, 0.3) is 22.5 Å². The van der Waals surface area contributed by atoms with Crippen LogP contribution in [0.3, 0.4) is 0 Å². The Morgan fingerprint density at radius 2 is 2.00 bits per heavy atom. The summed E-state index contributed by atoms with van der Waals surface area (Å²) in [6.07, 6.45) is 7.55. The minimum atomic E-state index is 0.380. The van der Waals surface area contributed by atoms with E-state index in [1.807, 2.05) is 12.1 Å². The molecule has 3 aromatic rings. The molecular weight excluding hydrogens is 350 g/mol. The molecule has 2 N–H and O–H groups in total. The molecule has 5 nitrogen and oxygen atoms in total. The molecule has 1 saturated heterocycles. The first-order valence-electron chi connectivity index (χ1n) is 9.93. The summed E-state index contributed by atoms with van der Waals surface area (Å²) in [5.74, 6) is 2.26. The second-order valence-corrected chi connectivity index (χ2v) is 7.56. The smallest absolute Gasteiger partial charge is 0.142 e. The van der Waals surface area contributed by atoms with Gasteiger partial charge >= 0.3 is 0 Å². The summed E-state index contributed by atoms with van der Waals surface area (Å²) in [6.45, 7) is 2.02. The van der Waals surface area contributed by atoms with Crippen molar-refractivity contribution in [1.29, 1.82) is 0 Å². The zero-order chi connectivity index (χ0) is 18.9. The van der Waals surface area contributed by atoms with E-state index in [1.165, 1.54) is 5.56 Å². The van der Waals surface area contributed by atoms with Crippen molar-refractivity contribution < 1.29 is 9.62 Å². The first kappa shape index (κ1) is 17.2. The van der Waals surface area contributed by atoms with Gasteiger partial charge in [-0.05, 0) is 61.6 Å². The Morgan fingerprint density at radius 1 is 1.11 bits per heavy atom. The number of furan rings is 1. The number of aryl methyl sites for hydroxylation is 1. The van der Waals surface area contributed by atoms with Crippen LogP contribution in [0.5, 0.6) is 0 Å². The highest BCUT2D eigenvalue weighted by Crippen LogP contribution is 2.42. The van der Waals surface area contributed by atoms with E-state index in [0.717, 1.165) is 78.3 Å². The third kappa shape index (κ3) is 2.92. The van der Waals surface area contributed by atoms with Crippen LogP contribution in [0.1, 0.15) is 42.1 Å². The van der Waals surface area contributed by atoms with Gasteiger partial charge in [-0.25, -0.2) is 0 Å². The van der Waals surface area contributed by atoms with Gasteiger partial charge in [-0.15, -0.1) is 0 Å². The Balaban J connectivity index is 1.69. The Bertz CT molecular complexity index is 1020. The third-order valence-corrected chi connectivity index (χ3v) is 5.87. The van der Waals surface area contributed by atoms with Gasteiger partial charge in [-0.2, -0.15) is 0 Å². The van der Waals surface area contributed by atoms with Crippen LogP contribution in [0.15, 0.2) is 58.4 Å². The van der Waals surface area contributed by atoms with Crippen molar-refractivity contribution in [2.75, 3.05) is 13.1 Å². The highest BCUT2D eigenvalue weighted by Gasteiger charge is 2.27. The van der Waals surface area contributed by atoms with E-state index in [2.05, 4.69) is 39.7 Å². The second kappa shape index (κ2) is 7.24. The predicted octanol–water partition coefficient (Wildman–Crippen LogP) is 4.60. The Labute approximate surface area is 164 Å². The lowest BCUT2D eigenvalue weighted by molar-refractivity contribution is 0.318. The van der Waals surface area contributed by atoms with E-state index >= 15 is 0 Å². The third-order valence-electron chi connectivity index (χ3n) is 5.87. The molecule has 0 radical (unpaired) electrons. The number of hydrogen-bond acceptors (Lipinski definition) is 5. The van der Waals surface area contributed by atoms with Crippen LogP contribution in [0, 0.1) is 0 Å². The SMILES string of the molecule is O/N=C1\CCc2cccc(-c3cc(C4CCCNC4)oc3-c3ccncc3)c21. The minimum absolute atomic E-state index is 0.380. The summed E-state index contributed by atoms with van der Waals surface area (Å²) >= 11 is 0. The molecule has 5 heteroatoms. The number of piperidine rings is 1. The van der Waals surface area contributed by atoms with Crippen LogP contribution in [-0.4, -0.2) is 29.0 Å². The molecule has 2 aliphatic rings. The zero-order valence-corrected chi connectivity index (χ0v) is 15.7. The van der Waals surface area contributed by atoms with E-state index < -0.39 is 0 Å². The molecule has 1 aliphatic heterocycles. The number of benzene rings is 1. The monoisotopic (exact) mass is 373 g/mol. The van der Waals surface area contributed by atoms with Gasteiger partial charge in [0.15, 0.2) is 0 Å². The Morgan fingerprint density at radius 3 is 2.79 bits per heavy atom. The van der Waals surface area contributed by atoms with Crippen molar-refractivity contribution in [3.8, 4) is 22.5 Å². The van der Waals surface area contributed by atoms with Crippen molar-refractivity contribution in [3.63, 3.8) is 0 Å². The number of nitrogens with zero attached hydrogens (tertiary/aromatic N) is 2. The molecule has 1 unspecified atom stereocenters. The summed E-state index contributed by atoms with van der Waals surface area (Å²) in [5.41, 5.74) is 6.19. The number of fused-ring (bicyclic) bond motifs is 1. The van der Waals surface area contributed by atoms with Gasteiger partial charge in [0.05, 0.1) is 5.71 Å². The summed E-state index contributed by atoms with van der Waals surface area (Å²) in [4.78, 5) is 4.15. The van der Waals surface area contributed by atoms with Crippen LogP contribution < -0.4 is 5.32 Å². The van der Waals surface area contributed by atoms with Crippen molar-refractivity contribution in [2.45, 2.75) is 31.6 Å². The average molecular weight is 373 g/mol. The van der Waals surface area contributed by atoms with Crippen molar-refractivity contribution >= 4 is 5.71 Å². The first-order valence-corrected chi connectivity index (χ1v) is 9.93. The molecule has 1 atom stereocenters. The molecule has 3 heterocycles. The highest BCUT2D eigenvalue weighted by molar-refractivity contribution is 6.10. The number of rotatable bonds is 3. The molecule has 1 aliphatic carbocycles. The number of oxime groups is 1. The van der Waals surface area contributed by atoms with Crippen LogP contribution in [0.4, 0.5) is 0 Å². The Hall–Kier alpha value is -2.92. The standard InChI is InChI=1S/C23H23N3O2/c27-26-20-7-6-15-3-1-5-18(22(15)20)19-13-21(17-4-2-10-25-14-17)28-23(19)16-8-11-24-12-9-16/h1,3,5,8-9,11-13,17,25,27H,2,4,6-7,10,14H2/b26-20+. The molecule has 0 spiro atoms. The minimum Gasteiger partial charge on any atom is -0.460 e. The average Bonchev–Trinajstić information content (AvgIpc) is 3.39. The van der Waals surface area contributed by atoms with E-state index in [4.69, 9.17) is 4.42 Å². The maximum Gasteiger partial charge on any atom is 0.142 e. The van der Waals surface area contributed by atoms with Crippen molar-refractivity contribution in [1.82, 2.24) is 10.3 Å². The van der Waals surface area contributed by atoms with Gasteiger partial charge in [0.2, 0.25) is 0 Å². The van der Waals surface area contributed by atoms with Crippen molar-refractivity contribution in [3.05, 3.63) is 65.7 Å². The molecular formula is C23H23N3O2. The lowest BCUT2D eigenvalue weighted by Crippen LogP contribution is -2.28. The number of aromatic nitrogens is 1. The summed E-state index contributed by atoms with van der Waals surface area (Å²) in [5, 5.41) is 16.6. The van der Waals surface area contributed by atoms with E-state index in [-0.39, 0.29) is 0 Å². The lowest BCUT2D eigenvalue weighted by Gasteiger charge is -2.20. The number of pyridine rings is 1. The summed E-state index contributed by atoms with van der Waals surface area (Å²) in [7, 11) is 0. The second-order valence-electron chi connectivity index (χ2n) is 7.56. The molecule has 0 amide bonds. The molecule has 1 fully saturated rings.